The molecule has 3 N–H and O–H groups in total. The van der Waals surface area contributed by atoms with Crippen LogP contribution in [0.25, 0.3) is 0 Å². The number of carbonyl (C=O) groups is 1. The van der Waals surface area contributed by atoms with Crippen molar-refractivity contribution in [3.63, 3.8) is 0 Å². The van der Waals surface area contributed by atoms with Crippen LogP contribution in [0.15, 0.2) is 30.3 Å². The fourth-order valence-electron chi connectivity index (χ4n) is 3.22. The van der Waals surface area contributed by atoms with E-state index in [0.717, 1.165) is 24.4 Å². The highest BCUT2D eigenvalue weighted by Gasteiger charge is 2.15. The van der Waals surface area contributed by atoms with Crippen molar-refractivity contribution in [3.8, 4) is 0 Å². The number of piperidine rings is 1. The highest BCUT2D eigenvalue weighted by Crippen LogP contribution is 2.15. The van der Waals surface area contributed by atoms with Crippen LogP contribution in [0, 0.1) is 5.92 Å². The molecular weight excluding hydrogens is 302 g/mol. The largest absolute Gasteiger partial charge is 0.388 e. The van der Waals surface area contributed by atoms with Crippen molar-refractivity contribution in [2.24, 2.45) is 5.92 Å². The van der Waals surface area contributed by atoms with Crippen LogP contribution in [0.5, 0.6) is 0 Å². The van der Waals surface area contributed by atoms with Crippen LogP contribution >= 0.6 is 0 Å². The maximum absolute atomic E-state index is 11.7. The van der Waals surface area contributed by atoms with E-state index in [1.807, 2.05) is 30.3 Å². The molecule has 5 heteroatoms. The van der Waals surface area contributed by atoms with Gasteiger partial charge >= 0.3 is 6.03 Å². The molecule has 0 aliphatic carbocycles. The molecule has 1 fully saturated rings. The van der Waals surface area contributed by atoms with E-state index >= 15 is 0 Å². The zero-order valence-electron chi connectivity index (χ0n) is 14.7. The van der Waals surface area contributed by atoms with Crippen molar-refractivity contribution >= 4 is 6.03 Å². The zero-order valence-corrected chi connectivity index (χ0v) is 14.7. The SMILES string of the molecule is CC1CCCN(CCCNC(=O)NCCC(O)c2ccccc2)C1. The van der Waals surface area contributed by atoms with Gasteiger partial charge in [0.05, 0.1) is 6.10 Å². The smallest absolute Gasteiger partial charge is 0.314 e. The third kappa shape index (κ3) is 6.89. The second-order valence-corrected chi connectivity index (χ2v) is 6.80. The molecule has 134 valence electrons. The summed E-state index contributed by atoms with van der Waals surface area (Å²) in [6.07, 6.45) is 3.59. The van der Waals surface area contributed by atoms with Crippen LogP contribution < -0.4 is 10.6 Å². The zero-order chi connectivity index (χ0) is 17.2. The van der Waals surface area contributed by atoms with E-state index in [4.69, 9.17) is 0 Å². The Kier molecular flexibility index (Phi) is 8.05. The normalized spacial score (nSPS) is 19.7. The van der Waals surface area contributed by atoms with E-state index in [9.17, 15) is 9.90 Å². The van der Waals surface area contributed by atoms with Gasteiger partial charge in [0.25, 0.3) is 0 Å². The van der Waals surface area contributed by atoms with Crippen molar-refractivity contribution in [1.29, 1.82) is 0 Å². The Hall–Kier alpha value is -1.59. The summed E-state index contributed by atoms with van der Waals surface area (Å²) in [6, 6.07) is 9.37. The topological polar surface area (TPSA) is 64.6 Å². The van der Waals surface area contributed by atoms with Crippen molar-refractivity contribution in [1.82, 2.24) is 15.5 Å². The van der Waals surface area contributed by atoms with Gasteiger partial charge in [0.15, 0.2) is 0 Å². The monoisotopic (exact) mass is 333 g/mol. The van der Waals surface area contributed by atoms with Crippen molar-refractivity contribution in [2.75, 3.05) is 32.7 Å². The Balaban J connectivity index is 1.51. The van der Waals surface area contributed by atoms with Crippen LogP contribution in [0.1, 0.15) is 44.3 Å². The minimum absolute atomic E-state index is 0.151. The number of aliphatic hydroxyl groups excluding tert-OH is 1. The van der Waals surface area contributed by atoms with Crippen LogP contribution in [0.3, 0.4) is 0 Å². The minimum atomic E-state index is -0.535. The molecule has 2 unspecified atom stereocenters. The Morgan fingerprint density at radius 2 is 2.04 bits per heavy atom. The number of carbonyl (C=O) groups excluding carboxylic acids is 1. The van der Waals surface area contributed by atoms with Gasteiger partial charge in [-0.3, -0.25) is 0 Å². The molecule has 1 heterocycles. The van der Waals surface area contributed by atoms with Crippen LogP contribution in [-0.4, -0.2) is 48.8 Å². The number of nitrogens with one attached hydrogen (secondary N) is 2. The van der Waals surface area contributed by atoms with Crippen LogP contribution in [0.2, 0.25) is 0 Å². The molecule has 0 saturated carbocycles. The summed E-state index contributed by atoms with van der Waals surface area (Å²) >= 11 is 0. The molecule has 2 rings (SSSR count). The fraction of sp³-hybridized carbons (Fsp3) is 0.632. The molecule has 1 aromatic rings. The Morgan fingerprint density at radius 1 is 1.29 bits per heavy atom. The lowest BCUT2D eigenvalue weighted by Gasteiger charge is -2.30. The van der Waals surface area contributed by atoms with Gasteiger partial charge in [-0.05, 0) is 50.3 Å². The van der Waals surface area contributed by atoms with E-state index in [1.165, 1.54) is 25.9 Å². The van der Waals surface area contributed by atoms with Gasteiger partial charge in [-0.25, -0.2) is 4.79 Å². The number of hydrogen-bond donors (Lipinski definition) is 3. The average molecular weight is 333 g/mol. The van der Waals surface area contributed by atoms with Gasteiger partial charge in [-0.1, -0.05) is 37.3 Å². The Bertz CT molecular complexity index is 481. The van der Waals surface area contributed by atoms with Crippen molar-refractivity contribution in [3.05, 3.63) is 35.9 Å². The molecule has 5 nitrogen and oxygen atoms in total. The minimum Gasteiger partial charge on any atom is -0.388 e. The van der Waals surface area contributed by atoms with Gasteiger partial charge in [0.1, 0.15) is 0 Å². The van der Waals surface area contributed by atoms with E-state index in [-0.39, 0.29) is 6.03 Å². The number of hydrogen-bond acceptors (Lipinski definition) is 3. The number of amides is 2. The molecule has 2 amide bonds. The molecule has 0 radical (unpaired) electrons. The van der Waals surface area contributed by atoms with E-state index in [1.54, 1.807) is 0 Å². The lowest BCUT2D eigenvalue weighted by atomic mass is 10.0. The van der Waals surface area contributed by atoms with Crippen molar-refractivity contribution in [2.45, 2.75) is 38.7 Å². The van der Waals surface area contributed by atoms with Gasteiger partial charge < -0.3 is 20.6 Å². The number of urea groups is 1. The molecule has 0 spiro atoms. The van der Waals surface area contributed by atoms with Crippen LogP contribution in [-0.2, 0) is 0 Å². The van der Waals surface area contributed by atoms with Gasteiger partial charge in [0, 0.05) is 19.6 Å². The molecular formula is C19H31N3O2. The predicted molar refractivity (Wildman–Crippen MR) is 96.9 cm³/mol. The van der Waals surface area contributed by atoms with E-state index in [2.05, 4.69) is 22.5 Å². The number of aliphatic hydroxyl groups is 1. The third-order valence-electron chi connectivity index (χ3n) is 4.57. The lowest BCUT2D eigenvalue weighted by molar-refractivity contribution is 0.166. The first-order valence-corrected chi connectivity index (χ1v) is 9.12. The molecule has 2 atom stereocenters. The lowest BCUT2D eigenvalue weighted by Crippen LogP contribution is -2.39. The fourth-order valence-corrected chi connectivity index (χ4v) is 3.22. The first kappa shape index (κ1) is 18.7. The van der Waals surface area contributed by atoms with Crippen molar-refractivity contribution < 1.29 is 9.90 Å². The summed E-state index contributed by atoms with van der Waals surface area (Å²) < 4.78 is 0. The number of nitrogens with zero attached hydrogens (tertiary/aromatic N) is 1. The Labute approximate surface area is 145 Å². The highest BCUT2D eigenvalue weighted by molar-refractivity contribution is 5.73. The second kappa shape index (κ2) is 10.3. The maximum atomic E-state index is 11.7. The molecule has 1 aliphatic rings. The summed E-state index contributed by atoms with van der Waals surface area (Å²) in [4.78, 5) is 14.2. The van der Waals surface area contributed by atoms with E-state index in [0.29, 0.717) is 19.5 Å². The van der Waals surface area contributed by atoms with Gasteiger partial charge in [-0.2, -0.15) is 0 Å². The standard InChI is InChI=1S/C19H31N3O2/c1-16-7-5-13-22(15-16)14-6-11-20-19(24)21-12-10-18(23)17-8-3-2-4-9-17/h2-4,8-9,16,18,23H,5-7,10-15H2,1H3,(H2,20,21,24). The first-order valence-electron chi connectivity index (χ1n) is 9.12. The Morgan fingerprint density at radius 3 is 2.79 bits per heavy atom. The molecule has 0 bridgehead atoms. The number of benzene rings is 1. The highest BCUT2D eigenvalue weighted by atomic mass is 16.3. The van der Waals surface area contributed by atoms with Crippen LogP contribution in [0.4, 0.5) is 4.79 Å². The van der Waals surface area contributed by atoms with E-state index < -0.39 is 6.10 Å². The second-order valence-electron chi connectivity index (χ2n) is 6.80. The quantitative estimate of drug-likeness (QED) is 0.641. The average Bonchev–Trinajstić information content (AvgIpc) is 2.59. The molecule has 24 heavy (non-hydrogen) atoms. The number of likely N-dealkylation sites (tertiary alicyclic amines) is 1. The molecule has 1 aromatic carbocycles. The maximum Gasteiger partial charge on any atom is 0.314 e. The molecule has 0 aromatic heterocycles. The third-order valence-corrected chi connectivity index (χ3v) is 4.57. The number of rotatable bonds is 8. The molecule has 1 saturated heterocycles. The molecule has 1 aliphatic heterocycles. The summed E-state index contributed by atoms with van der Waals surface area (Å²) in [5.74, 6) is 0.797. The predicted octanol–water partition coefficient (Wildman–Crippen LogP) is 2.53. The summed E-state index contributed by atoms with van der Waals surface area (Å²) in [5, 5.41) is 15.7. The summed E-state index contributed by atoms with van der Waals surface area (Å²) in [6.45, 7) is 6.89. The first-order chi connectivity index (χ1) is 11.6. The summed E-state index contributed by atoms with van der Waals surface area (Å²) in [7, 11) is 0. The van der Waals surface area contributed by atoms with Gasteiger partial charge in [-0.15, -0.1) is 0 Å². The summed E-state index contributed by atoms with van der Waals surface area (Å²) in [5.41, 5.74) is 0.885. The van der Waals surface area contributed by atoms with Gasteiger partial charge in [0.2, 0.25) is 0 Å².